The molecule has 0 N–H and O–H groups in total. The standard InChI is InChI=1S/C17H22FN3O4.C2H6/c1-12(22)19(2)10-14-11-21(17(23)25-14)13-3-4-16(15(18)9-13)20-5-7-24-8-6-20;1-2/h3-4,9,14H,5-8,10-11H2,1-2H3;1-2H3. The summed E-state index contributed by atoms with van der Waals surface area (Å²) in [6.07, 6.45) is -0.955. The summed E-state index contributed by atoms with van der Waals surface area (Å²) in [6.45, 7) is 8.48. The van der Waals surface area contributed by atoms with E-state index in [1.54, 1.807) is 19.2 Å². The molecule has 0 saturated carbocycles. The third-order valence-corrected chi connectivity index (χ3v) is 4.48. The third kappa shape index (κ3) is 5.09. The minimum absolute atomic E-state index is 0.101. The number of cyclic esters (lactones) is 1. The van der Waals surface area contributed by atoms with Crippen molar-refractivity contribution in [2.24, 2.45) is 0 Å². The summed E-state index contributed by atoms with van der Waals surface area (Å²) in [5.41, 5.74) is 0.958. The van der Waals surface area contributed by atoms with Crippen LogP contribution in [0.25, 0.3) is 0 Å². The smallest absolute Gasteiger partial charge is 0.414 e. The van der Waals surface area contributed by atoms with Crippen LogP contribution in [-0.4, -0.2) is 69.4 Å². The largest absolute Gasteiger partial charge is 0.442 e. The quantitative estimate of drug-likeness (QED) is 0.802. The number of carbonyl (C=O) groups is 2. The summed E-state index contributed by atoms with van der Waals surface area (Å²) in [6, 6.07) is 4.74. The molecule has 2 amide bonds. The highest BCUT2D eigenvalue weighted by Crippen LogP contribution is 2.28. The molecule has 0 bridgehead atoms. The van der Waals surface area contributed by atoms with Crippen molar-refractivity contribution in [1.29, 1.82) is 0 Å². The van der Waals surface area contributed by atoms with Crippen LogP contribution in [0.15, 0.2) is 18.2 Å². The van der Waals surface area contributed by atoms with Gasteiger partial charge in [-0.3, -0.25) is 9.69 Å². The van der Waals surface area contributed by atoms with Crippen molar-refractivity contribution >= 4 is 23.4 Å². The summed E-state index contributed by atoms with van der Waals surface area (Å²) in [5, 5.41) is 0. The average Bonchev–Trinajstić information content (AvgIpc) is 3.04. The summed E-state index contributed by atoms with van der Waals surface area (Å²) in [7, 11) is 1.65. The number of amides is 2. The van der Waals surface area contributed by atoms with Crippen molar-refractivity contribution in [3.05, 3.63) is 24.0 Å². The number of anilines is 2. The maximum absolute atomic E-state index is 14.5. The lowest BCUT2D eigenvalue weighted by Gasteiger charge is -2.29. The molecule has 2 fully saturated rings. The van der Waals surface area contributed by atoms with E-state index in [1.807, 2.05) is 18.7 Å². The molecule has 7 nitrogen and oxygen atoms in total. The fourth-order valence-electron chi connectivity index (χ4n) is 2.99. The third-order valence-electron chi connectivity index (χ3n) is 4.48. The van der Waals surface area contributed by atoms with Gasteiger partial charge in [0.1, 0.15) is 11.9 Å². The molecule has 1 aromatic carbocycles. The zero-order valence-corrected chi connectivity index (χ0v) is 16.4. The number of nitrogens with zero attached hydrogens (tertiary/aromatic N) is 3. The monoisotopic (exact) mass is 381 g/mol. The Kier molecular flexibility index (Phi) is 7.41. The second-order valence-electron chi connectivity index (χ2n) is 6.25. The molecule has 0 radical (unpaired) electrons. The van der Waals surface area contributed by atoms with Gasteiger partial charge in [0.15, 0.2) is 0 Å². The zero-order valence-electron chi connectivity index (χ0n) is 16.4. The fourth-order valence-corrected chi connectivity index (χ4v) is 2.99. The summed E-state index contributed by atoms with van der Waals surface area (Å²) in [5.74, 6) is -0.480. The predicted molar refractivity (Wildman–Crippen MR) is 102 cm³/mol. The van der Waals surface area contributed by atoms with Crippen molar-refractivity contribution in [3.63, 3.8) is 0 Å². The SMILES string of the molecule is CC.CC(=O)N(C)CC1CN(c2ccc(N3CCOCC3)c(F)c2)C(=O)O1. The summed E-state index contributed by atoms with van der Waals surface area (Å²) in [4.78, 5) is 28.2. The zero-order chi connectivity index (χ0) is 20.0. The molecule has 0 aromatic heterocycles. The van der Waals surface area contributed by atoms with Crippen LogP contribution in [-0.2, 0) is 14.3 Å². The molecule has 1 unspecified atom stereocenters. The first-order chi connectivity index (χ1) is 13.0. The lowest BCUT2D eigenvalue weighted by Crippen LogP contribution is -2.37. The molecule has 3 rings (SSSR count). The first kappa shape index (κ1) is 21.0. The van der Waals surface area contributed by atoms with E-state index in [-0.39, 0.29) is 18.3 Å². The predicted octanol–water partition coefficient (Wildman–Crippen LogP) is 2.49. The van der Waals surface area contributed by atoms with Crippen LogP contribution < -0.4 is 9.80 Å². The molecule has 2 heterocycles. The molecule has 8 heteroatoms. The molecule has 0 aliphatic carbocycles. The van der Waals surface area contributed by atoms with Crippen molar-refractivity contribution in [2.75, 3.05) is 56.2 Å². The Morgan fingerprint density at radius 1 is 1.30 bits per heavy atom. The first-order valence-electron chi connectivity index (χ1n) is 9.28. The number of hydrogen-bond acceptors (Lipinski definition) is 5. The van der Waals surface area contributed by atoms with E-state index in [2.05, 4.69) is 0 Å². The topological polar surface area (TPSA) is 62.3 Å². The Labute approximate surface area is 159 Å². The number of morpholine rings is 1. The maximum atomic E-state index is 14.5. The van der Waals surface area contributed by atoms with Crippen LogP contribution in [0.3, 0.4) is 0 Å². The number of halogens is 1. The van der Waals surface area contributed by atoms with Gasteiger partial charge < -0.3 is 19.3 Å². The minimum atomic E-state index is -0.527. The van der Waals surface area contributed by atoms with Crippen molar-refractivity contribution in [1.82, 2.24) is 4.90 Å². The van der Waals surface area contributed by atoms with Gasteiger partial charge in [-0.05, 0) is 18.2 Å². The van der Waals surface area contributed by atoms with Crippen LogP contribution in [0, 0.1) is 5.82 Å². The van der Waals surface area contributed by atoms with Crippen molar-refractivity contribution < 1.29 is 23.5 Å². The van der Waals surface area contributed by atoms with Crippen LogP contribution in [0.2, 0.25) is 0 Å². The molecule has 27 heavy (non-hydrogen) atoms. The molecule has 1 atom stereocenters. The van der Waals surface area contributed by atoms with E-state index in [9.17, 15) is 14.0 Å². The van der Waals surface area contributed by atoms with E-state index in [1.165, 1.54) is 22.8 Å². The molecule has 2 saturated heterocycles. The Morgan fingerprint density at radius 3 is 2.56 bits per heavy atom. The minimum Gasteiger partial charge on any atom is -0.442 e. The van der Waals surface area contributed by atoms with Gasteiger partial charge in [-0.15, -0.1) is 0 Å². The van der Waals surface area contributed by atoms with E-state index >= 15 is 0 Å². The van der Waals surface area contributed by atoms with Crippen molar-refractivity contribution in [2.45, 2.75) is 26.9 Å². The Balaban J connectivity index is 0.00000126. The maximum Gasteiger partial charge on any atom is 0.414 e. The number of hydrogen-bond donors (Lipinski definition) is 0. The van der Waals surface area contributed by atoms with Gasteiger partial charge in [-0.2, -0.15) is 0 Å². The first-order valence-corrected chi connectivity index (χ1v) is 9.28. The van der Waals surface area contributed by atoms with Crippen LogP contribution in [0.4, 0.5) is 20.6 Å². The summed E-state index contributed by atoms with van der Waals surface area (Å²) < 4.78 is 25.1. The van der Waals surface area contributed by atoms with E-state index in [0.29, 0.717) is 44.2 Å². The number of carbonyl (C=O) groups excluding carboxylic acids is 2. The fraction of sp³-hybridized carbons (Fsp3) is 0.579. The number of benzene rings is 1. The lowest BCUT2D eigenvalue weighted by atomic mass is 10.2. The van der Waals surface area contributed by atoms with Gasteiger partial charge in [0.2, 0.25) is 5.91 Å². The number of rotatable bonds is 4. The van der Waals surface area contributed by atoms with E-state index in [4.69, 9.17) is 9.47 Å². The second kappa shape index (κ2) is 9.55. The molecular weight excluding hydrogens is 353 g/mol. The molecule has 2 aliphatic rings. The highest BCUT2D eigenvalue weighted by atomic mass is 19.1. The highest BCUT2D eigenvalue weighted by molar-refractivity contribution is 5.90. The second-order valence-corrected chi connectivity index (χ2v) is 6.25. The molecule has 0 spiro atoms. The van der Waals surface area contributed by atoms with Crippen molar-refractivity contribution in [3.8, 4) is 0 Å². The van der Waals surface area contributed by atoms with Crippen LogP contribution in [0.5, 0.6) is 0 Å². The molecule has 2 aliphatic heterocycles. The highest BCUT2D eigenvalue weighted by Gasteiger charge is 2.33. The van der Waals surface area contributed by atoms with Gasteiger partial charge >= 0.3 is 6.09 Å². The average molecular weight is 381 g/mol. The van der Waals surface area contributed by atoms with E-state index < -0.39 is 12.2 Å². The van der Waals surface area contributed by atoms with Gasteiger partial charge in [0, 0.05) is 27.1 Å². The Hall–Kier alpha value is -2.35. The van der Waals surface area contributed by atoms with Gasteiger partial charge in [0.05, 0.1) is 37.7 Å². The number of likely N-dealkylation sites (N-methyl/N-ethyl adjacent to an activating group) is 1. The molecule has 150 valence electrons. The van der Waals surface area contributed by atoms with Gasteiger partial charge in [0.25, 0.3) is 0 Å². The normalized spacial score (nSPS) is 19.3. The Bertz CT molecular complexity index is 664. The van der Waals surface area contributed by atoms with Crippen LogP contribution in [0.1, 0.15) is 20.8 Å². The van der Waals surface area contributed by atoms with Gasteiger partial charge in [-0.25, -0.2) is 9.18 Å². The lowest BCUT2D eigenvalue weighted by molar-refractivity contribution is -0.128. The molecule has 1 aromatic rings. The molecular formula is C19H28FN3O4. The van der Waals surface area contributed by atoms with Gasteiger partial charge in [-0.1, -0.05) is 13.8 Å². The van der Waals surface area contributed by atoms with E-state index in [0.717, 1.165) is 0 Å². The Morgan fingerprint density at radius 2 is 1.96 bits per heavy atom. The number of ether oxygens (including phenoxy) is 2. The van der Waals surface area contributed by atoms with Crippen LogP contribution >= 0.6 is 0 Å². The summed E-state index contributed by atoms with van der Waals surface area (Å²) >= 11 is 0.